The number of carbonyl (C=O) groups excluding carboxylic acids is 3. The number of ketones is 1. The molecule has 0 saturated carbocycles. The van der Waals surface area contributed by atoms with E-state index in [2.05, 4.69) is 10.6 Å². The van der Waals surface area contributed by atoms with E-state index in [1.54, 1.807) is 57.2 Å². The lowest BCUT2D eigenvalue weighted by Crippen LogP contribution is -2.33. The standard InChI is InChI=1S/C22H25ClN2O4/c1-22(2,3)29-21(28)24-13-7-10-19(26)25-18-12-11-16(23)14-17(18)20(27)15-8-5-4-6-9-15/h4-6,8-9,11-12,14H,7,10,13H2,1-3H3,(H,24,28)(H,25,26). The number of amides is 2. The van der Waals surface area contributed by atoms with Gasteiger partial charge in [0.15, 0.2) is 5.78 Å². The highest BCUT2D eigenvalue weighted by Crippen LogP contribution is 2.24. The van der Waals surface area contributed by atoms with Gasteiger partial charge in [-0.05, 0) is 45.4 Å². The van der Waals surface area contributed by atoms with Crippen molar-refractivity contribution in [2.45, 2.75) is 39.2 Å². The van der Waals surface area contributed by atoms with Crippen molar-refractivity contribution in [3.63, 3.8) is 0 Å². The number of nitrogens with one attached hydrogen (secondary N) is 2. The van der Waals surface area contributed by atoms with Crippen LogP contribution in [0.3, 0.4) is 0 Å². The van der Waals surface area contributed by atoms with E-state index in [0.717, 1.165) is 0 Å². The molecule has 0 bridgehead atoms. The molecule has 0 aliphatic rings. The van der Waals surface area contributed by atoms with E-state index in [-0.39, 0.29) is 18.1 Å². The number of anilines is 1. The molecular weight excluding hydrogens is 392 g/mol. The number of hydrogen-bond donors (Lipinski definition) is 2. The van der Waals surface area contributed by atoms with E-state index >= 15 is 0 Å². The molecule has 29 heavy (non-hydrogen) atoms. The van der Waals surface area contributed by atoms with Gasteiger partial charge in [-0.15, -0.1) is 0 Å². The fourth-order valence-electron chi connectivity index (χ4n) is 2.52. The Morgan fingerprint density at radius 1 is 1.03 bits per heavy atom. The molecular formula is C22H25ClN2O4. The van der Waals surface area contributed by atoms with Crippen LogP contribution in [-0.4, -0.2) is 29.9 Å². The van der Waals surface area contributed by atoms with Gasteiger partial charge in [0.05, 0.1) is 5.69 Å². The second-order valence-electron chi connectivity index (χ2n) is 7.47. The highest BCUT2D eigenvalue weighted by molar-refractivity contribution is 6.31. The summed E-state index contributed by atoms with van der Waals surface area (Å²) in [5.74, 6) is -0.490. The molecule has 154 valence electrons. The molecule has 0 unspecified atom stereocenters. The Balaban J connectivity index is 1.94. The van der Waals surface area contributed by atoms with E-state index in [4.69, 9.17) is 16.3 Å². The first-order valence-electron chi connectivity index (χ1n) is 9.32. The summed E-state index contributed by atoms with van der Waals surface area (Å²) >= 11 is 6.05. The average molecular weight is 417 g/mol. The number of hydrogen-bond acceptors (Lipinski definition) is 4. The number of halogens is 1. The van der Waals surface area contributed by atoms with Gasteiger partial charge in [-0.3, -0.25) is 9.59 Å². The largest absolute Gasteiger partial charge is 0.444 e. The minimum atomic E-state index is -0.572. The third-order valence-electron chi connectivity index (χ3n) is 3.79. The van der Waals surface area contributed by atoms with Crippen LogP contribution in [0.5, 0.6) is 0 Å². The van der Waals surface area contributed by atoms with Gasteiger partial charge in [0.2, 0.25) is 5.91 Å². The van der Waals surface area contributed by atoms with E-state index in [1.165, 1.54) is 6.07 Å². The Morgan fingerprint density at radius 3 is 2.38 bits per heavy atom. The Morgan fingerprint density at radius 2 is 1.72 bits per heavy atom. The number of alkyl carbamates (subject to hydrolysis) is 1. The minimum absolute atomic E-state index is 0.178. The van der Waals surface area contributed by atoms with Gasteiger partial charge in [0, 0.05) is 29.1 Å². The van der Waals surface area contributed by atoms with Gasteiger partial charge in [-0.1, -0.05) is 41.9 Å². The van der Waals surface area contributed by atoms with Gasteiger partial charge in [0.1, 0.15) is 5.60 Å². The lowest BCUT2D eigenvalue weighted by Gasteiger charge is -2.19. The summed E-state index contributed by atoms with van der Waals surface area (Å²) in [6, 6.07) is 13.5. The number of ether oxygens (including phenoxy) is 1. The summed E-state index contributed by atoms with van der Waals surface area (Å²) in [4.78, 5) is 36.7. The van der Waals surface area contributed by atoms with E-state index < -0.39 is 11.7 Å². The van der Waals surface area contributed by atoms with Crippen LogP contribution in [0.1, 0.15) is 49.5 Å². The zero-order valence-corrected chi connectivity index (χ0v) is 17.5. The Hall–Kier alpha value is -2.86. The fourth-order valence-corrected chi connectivity index (χ4v) is 2.70. The third kappa shape index (κ3) is 7.58. The zero-order chi connectivity index (χ0) is 21.4. The van der Waals surface area contributed by atoms with Crippen molar-refractivity contribution in [3.8, 4) is 0 Å². The van der Waals surface area contributed by atoms with Crippen LogP contribution in [0.4, 0.5) is 10.5 Å². The molecule has 2 amide bonds. The smallest absolute Gasteiger partial charge is 0.407 e. The van der Waals surface area contributed by atoms with Crippen LogP contribution in [0.15, 0.2) is 48.5 Å². The monoisotopic (exact) mass is 416 g/mol. The summed E-state index contributed by atoms with van der Waals surface area (Å²) in [5.41, 5.74) is 0.654. The van der Waals surface area contributed by atoms with Crippen LogP contribution in [0.2, 0.25) is 5.02 Å². The molecule has 0 radical (unpaired) electrons. The molecule has 2 aromatic rings. The first-order valence-corrected chi connectivity index (χ1v) is 9.69. The number of carbonyl (C=O) groups is 3. The van der Waals surface area contributed by atoms with E-state index in [9.17, 15) is 14.4 Å². The maximum absolute atomic E-state index is 12.8. The second-order valence-corrected chi connectivity index (χ2v) is 7.90. The predicted molar refractivity (Wildman–Crippen MR) is 113 cm³/mol. The summed E-state index contributed by atoms with van der Waals surface area (Å²) in [7, 11) is 0. The summed E-state index contributed by atoms with van der Waals surface area (Å²) in [5, 5.41) is 5.76. The third-order valence-corrected chi connectivity index (χ3v) is 4.02. The normalized spacial score (nSPS) is 10.9. The first-order chi connectivity index (χ1) is 13.7. The van der Waals surface area contributed by atoms with Crippen LogP contribution >= 0.6 is 11.6 Å². The molecule has 0 fully saturated rings. The molecule has 6 nitrogen and oxygen atoms in total. The average Bonchev–Trinajstić information content (AvgIpc) is 2.65. The Labute approximate surface area is 175 Å². The maximum atomic E-state index is 12.8. The molecule has 0 heterocycles. The molecule has 0 atom stereocenters. The molecule has 7 heteroatoms. The predicted octanol–water partition coefficient (Wildman–Crippen LogP) is 4.81. The summed E-state index contributed by atoms with van der Waals surface area (Å²) in [6.45, 7) is 5.64. The van der Waals surface area contributed by atoms with Crippen molar-refractivity contribution < 1.29 is 19.1 Å². The quantitative estimate of drug-likeness (QED) is 0.500. The lowest BCUT2D eigenvalue weighted by molar-refractivity contribution is -0.116. The van der Waals surface area contributed by atoms with Crippen molar-refractivity contribution in [3.05, 3.63) is 64.7 Å². The molecule has 0 aliphatic carbocycles. The molecule has 2 N–H and O–H groups in total. The zero-order valence-electron chi connectivity index (χ0n) is 16.8. The maximum Gasteiger partial charge on any atom is 0.407 e. The van der Waals surface area contributed by atoms with Gasteiger partial charge < -0.3 is 15.4 Å². The van der Waals surface area contributed by atoms with Crippen molar-refractivity contribution >= 4 is 35.1 Å². The molecule has 0 aliphatic heterocycles. The van der Waals surface area contributed by atoms with Crippen LogP contribution in [0.25, 0.3) is 0 Å². The van der Waals surface area contributed by atoms with Crippen LogP contribution < -0.4 is 10.6 Å². The van der Waals surface area contributed by atoms with Gasteiger partial charge in [0.25, 0.3) is 0 Å². The molecule has 2 rings (SSSR count). The number of benzene rings is 2. The highest BCUT2D eigenvalue weighted by atomic mass is 35.5. The van der Waals surface area contributed by atoms with Crippen molar-refractivity contribution in [2.24, 2.45) is 0 Å². The van der Waals surface area contributed by atoms with Gasteiger partial charge in [-0.25, -0.2) is 4.79 Å². The topological polar surface area (TPSA) is 84.5 Å². The van der Waals surface area contributed by atoms with Gasteiger partial charge >= 0.3 is 6.09 Å². The minimum Gasteiger partial charge on any atom is -0.444 e. The van der Waals surface area contributed by atoms with E-state index in [1.807, 2.05) is 6.07 Å². The first kappa shape index (κ1) is 22.4. The highest BCUT2D eigenvalue weighted by Gasteiger charge is 2.17. The molecule has 0 aromatic heterocycles. The van der Waals surface area contributed by atoms with Gasteiger partial charge in [-0.2, -0.15) is 0 Å². The Kier molecular flexibility index (Phi) is 7.79. The van der Waals surface area contributed by atoms with E-state index in [0.29, 0.717) is 34.8 Å². The summed E-state index contributed by atoms with van der Waals surface area (Å²) < 4.78 is 5.14. The second kappa shape index (κ2) is 10.1. The van der Waals surface area contributed by atoms with Crippen LogP contribution in [-0.2, 0) is 9.53 Å². The summed E-state index contributed by atoms with van der Waals surface area (Å²) in [6.07, 6.45) is 0.0873. The van der Waals surface area contributed by atoms with Crippen molar-refractivity contribution in [1.29, 1.82) is 0 Å². The van der Waals surface area contributed by atoms with Crippen LogP contribution in [0, 0.1) is 0 Å². The SMILES string of the molecule is CC(C)(C)OC(=O)NCCCC(=O)Nc1ccc(Cl)cc1C(=O)c1ccccc1. The Bertz CT molecular complexity index is 876. The molecule has 0 saturated heterocycles. The van der Waals surface area contributed by atoms with Crippen molar-refractivity contribution in [1.82, 2.24) is 5.32 Å². The van der Waals surface area contributed by atoms with Crippen molar-refractivity contribution in [2.75, 3.05) is 11.9 Å². The lowest BCUT2D eigenvalue weighted by atomic mass is 10.0. The number of rotatable bonds is 7. The molecule has 2 aromatic carbocycles. The fraction of sp³-hybridized carbons (Fsp3) is 0.318. The molecule has 0 spiro atoms.